The molecule has 0 atom stereocenters. The predicted molar refractivity (Wildman–Crippen MR) is 79.6 cm³/mol. The lowest BCUT2D eigenvalue weighted by Crippen LogP contribution is -2.19. The lowest BCUT2D eigenvalue weighted by molar-refractivity contribution is 0.0953. The Bertz CT molecular complexity index is 678. The van der Waals surface area contributed by atoms with E-state index in [-0.39, 0.29) is 5.91 Å². The molecule has 6 heteroatoms. The molecule has 0 aliphatic carbocycles. The fourth-order valence-electron chi connectivity index (χ4n) is 1.66. The van der Waals surface area contributed by atoms with Crippen LogP contribution in [0.5, 0.6) is 0 Å². The van der Waals surface area contributed by atoms with E-state index in [4.69, 9.17) is 27.6 Å². The second-order valence-corrected chi connectivity index (χ2v) is 5.00. The van der Waals surface area contributed by atoms with E-state index in [9.17, 15) is 4.79 Å². The first-order valence-corrected chi connectivity index (χ1v) is 6.59. The second-order valence-electron chi connectivity index (χ2n) is 4.15. The van der Waals surface area contributed by atoms with Crippen molar-refractivity contribution in [2.24, 2.45) is 5.10 Å². The molecule has 104 valence electrons. The number of benzene rings is 1. The minimum Gasteiger partial charge on any atom is -0.469 e. The number of nitrogens with zero attached hydrogens (tertiary/aromatic N) is 1. The van der Waals surface area contributed by atoms with E-state index in [0.29, 0.717) is 32.6 Å². The number of amides is 1. The Balaban J connectivity index is 2.15. The third-order valence-corrected chi connectivity index (χ3v) is 3.30. The van der Waals surface area contributed by atoms with Gasteiger partial charge in [-0.15, -0.1) is 0 Å². The van der Waals surface area contributed by atoms with Gasteiger partial charge in [0.05, 0.1) is 22.6 Å². The summed E-state index contributed by atoms with van der Waals surface area (Å²) in [6.45, 7) is 3.46. The van der Waals surface area contributed by atoms with E-state index in [0.717, 1.165) is 0 Å². The molecule has 0 spiro atoms. The zero-order chi connectivity index (χ0) is 14.7. The number of carbonyl (C=O) groups is 1. The van der Waals surface area contributed by atoms with Crippen LogP contribution in [0.3, 0.4) is 0 Å². The van der Waals surface area contributed by atoms with Crippen LogP contribution in [0.1, 0.15) is 28.6 Å². The average Bonchev–Trinajstić information content (AvgIpc) is 2.82. The molecule has 1 aromatic heterocycles. The van der Waals surface area contributed by atoms with E-state index in [1.165, 1.54) is 6.26 Å². The van der Waals surface area contributed by atoms with Crippen molar-refractivity contribution in [1.29, 1.82) is 0 Å². The van der Waals surface area contributed by atoms with Crippen molar-refractivity contribution < 1.29 is 9.21 Å². The molecule has 0 saturated carbocycles. The molecule has 0 unspecified atom stereocenters. The quantitative estimate of drug-likeness (QED) is 0.687. The molecule has 0 aliphatic rings. The number of nitrogens with one attached hydrogen (secondary N) is 1. The summed E-state index contributed by atoms with van der Waals surface area (Å²) in [6, 6.07) is 6.67. The van der Waals surface area contributed by atoms with E-state index in [1.807, 2.05) is 0 Å². The van der Waals surface area contributed by atoms with Crippen LogP contribution in [-0.4, -0.2) is 11.6 Å². The van der Waals surface area contributed by atoms with Crippen LogP contribution in [0.4, 0.5) is 0 Å². The third kappa shape index (κ3) is 3.21. The van der Waals surface area contributed by atoms with Crippen LogP contribution < -0.4 is 5.43 Å². The molecule has 0 fully saturated rings. The summed E-state index contributed by atoms with van der Waals surface area (Å²) in [7, 11) is 0. The third-order valence-electron chi connectivity index (χ3n) is 2.75. The molecule has 1 amide bonds. The molecule has 20 heavy (non-hydrogen) atoms. The van der Waals surface area contributed by atoms with E-state index >= 15 is 0 Å². The number of rotatable bonds is 3. The molecule has 0 saturated heterocycles. The van der Waals surface area contributed by atoms with Crippen LogP contribution in [0.15, 0.2) is 40.0 Å². The number of hydrogen-bond acceptors (Lipinski definition) is 3. The summed E-state index contributed by atoms with van der Waals surface area (Å²) < 4.78 is 5.06. The molecule has 4 nitrogen and oxygen atoms in total. The highest BCUT2D eigenvalue weighted by atomic mass is 35.5. The van der Waals surface area contributed by atoms with Gasteiger partial charge in [-0.3, -0.25) is 4.79 Å². The Morgan fingerprint density at radius 3 is 2.60 bits per heavy atom. The molecule has 0 bridgehead atoms. The lowest BCUT2D eigenvalue weighted by atomic mass is 10.1. The minimum atomic E-state index is -0.333. The summed E-state index contributed by atoms with van der Waals surface area (Å²) in [5.74, 6) is 0.209. The Morgan fingerprint density at radius 2 is 2.00 bits per heavy atom. The fourth-order valence-corrected chi connectivity index (χ4v) is 2.20. The highest BCUT2D eigenvalue weighted by Crippen LogP contribution is 2.21. The fraction of sp³-hybridized carbons (Fsp3) is 0.143. The standard InChI is InChI=1S/C14H12Cl2N2O2/c1-8(11-4-3-10(15)7-13(11)16)17-18-14(19)12-5-6-20-9(12)2/h3-7H,1-2H3,(H,18,19)/b17-8+. The van der Waals surface area contributed by atoms with Crippen molar-refractivity contribution in [1.82, 2.24) is 5.43 Å². The van der Waals surface area contributed by atoms with Crippen molar-refractivity contribution in [3.63, 3.8) is 0 Å². The van der Waals surface area contributed by atoms with Gasteiger partial charge in [-0.05, 0) is 32.0 Å². The molecule has 2 rings (SSSR count). The van der Waals surface area contributed by atoms with Crippen LogP contribution in [0.25, 0.3) is 0 Å². The number of hydrogen-bond donors (Lipinski definition) is 1. The van der Waals surface area contributed by atoms with Crippen LogP contribution in [0, 0.1) is 6.92 Å². The van der Waals surface area contributed by atoms with Gasteiger partial charge in [-0.2, -0.15) is 5.10 Å². The number of halogens is 2. The topological polar surface area (TPSA) is 54.6 Å². The molecular weight excluding hydrogens is 299 g/mol. The summed E-state index contributed by atoms with van der Waals surface area (Å²) in [5, 5.41) is 5.05. The molecule has 2 aromatic rings. The predicted octanol–water partition coefficient (Wildman–Crippen LogP) is 4.05. The molecule has 1 heterocycles. The first-order valence-electron chi connectivity index (χ1n) is 5.83. The number of aryl methyl sites for hydroxylation is 1. The van der Waals surface area contributed by atoms with Crippen LogP contribution in [0.2, 0.25) is 10.0 Å². The maximum atomic E-state index is 11.9. The first-order chi connectivity index (χ1) is 9.49. The van der Waals surface area contributed by atoms with Crippen LogP contribution >= 0.6 is 23.2 Å². The summed E-state index contributed by atoms with van der Waals surface area (Å²) in [6.07, 6.45) is 1.46. The first kappa shape index (κ1) is 14.6. The Labute approximate surface area is 126 Å². The minimum absolute atomic E-state index is 0.333. The van der Waals surface area contributed by atoms with Gasteiger partial charge in [-0.25, -0.2) is 5.43 Å². The number of carbonyl (C=O) groups excluding carboxylic acids is 1. The monoisotopic (exact) mass is 310 g/mol. The summed E-state index contributed by atoms with van der Waals surface area (Å²) in [4.78, 5) is 11.9. The SMILES string of the molecule is C/C(=N\NC(=O)c1ccoc1C)c1ccc(Cl)cc1Cl. The highest BCUT2D eigenvalue weighted by molar-refractivity contribution is 6.37. The molecule has 1 N–H and O–H groups in total. The zero-order valence-corrected chi connectivity index (χ0v) is 12.4. The van der Waals surface area contributed by atoms with Crippen LogP contribution in [-0.2, 0) is 0 Å². The highest BCUT2D eigenvalue weighted by Gasteiger charge is 2.11. The zero-order valence-electron chi connectivity index (χ0n) is 10.9. The van der Waals surface area contributed by atoms with Gasteiger partial charge in [0, 0.05) is 10.6 Å². The Hall–Kier alpha value is -1.78. The second kappa shape index (κ2) is 6.11. The van der Waals surface area contributed by atoms with E-state index in [1.54, 1.807) is 38.1 Å². The number of hydrazone groups is 1. The van der Waals surface area contributed by atoms with Crippen molar-refractivity contribution in [3.8, 4) is 0 Å². The molecule has 0 radical (unpaired) electrons. The summed E-state index contributed by atoms with van der Waals surface area (Å²) >= 11 is 11.9. The van der Waals surface area contributed by atoms with Gasteiger partial charge < -0.3 is 4.42 Å². The van der Waals surface area contributed by atoms with Gasteiger partial charge in [0.2, 0.25) is 0 Å². The van der Waals surface area contributed by atoms with Gasteiger partial charge in [-0.1, -0.05) is 29.3 Å². The van der Waals surface area contributed by atoms with Crippen molar-refractivity contribution >= 4 is 34.8 Å². The smallest absolute Gasteiger partial charge is 0.274 e. The Morgan fingerprint density at radius 1 is 1.25 bits per heavy atom. The normalized spacial score (nSPS) is 11.5. The van der Waals surface area contributed by atoms with Gasteiger partial charge in [0.25, 0.3) is 5.91 Å². The van der Waals surface area contributed by atoms with Gasteiger partial charge >= 0.3 is 0 Å². The van der Waals surface area contributed by atoms with Crippen molar-refractivity contribution in [3.05, 3.63) is 57.5 Å². The maximum Gasteiger partial charge on any atom is 0.274 e. The van der Waals surface area contributed by atoms with E-state index < -0.39 is 0 Å². The largest absolute Gasteiger partial charge is 0.469 e. The Kier molecular flexibility index (Phi) is 4.47. The average molecular weight is 311 g/mol. The number of furan rings is 1. The van der Waals surface area contributed by atoms with Gasteiger partial charge in [0.1, 0.15) is 5.76 Å². The van der Waals surface area contributed by atoms with Gasteiger partial charge in [0.15, 0.2) is 0 Å². The molecule has 0 aliphatic heterocycles. The van der Waals surface area contributed by atoms with E-state index in [2.05, 4.69) is 10.5 Å². The molecular formula is C14H12Cl2N2O2. The lowest BCUT2D eigenvalue weighted by Gasteiger charge is -2.05. The maximum absolute atomic E-state index is 11.9. The summed E-state index contributed by atoms with van der Waals surface area (Å²) in [5.41, 5.74) is 4.20. The molecule has 1 aromatic carbocycles. The van der Waals surface area contributed by atoms with Crippen molar-refractivity contribution in [2.75, 3.05) is 0 Å². The van der Waals surface area contributed by atoms with Crippen molar-refractivity contribution in [2.45, 2.75) is 13.8 Å².